The first-order valence-corrected chi connectivity index (χ1v) is 12.5. The Kier molecular flexibility index (Phi) is 5.73. The van der Waals surface area contributed by atoms with E-state index in [1.807, 2.05) is 36.5 Å². The topological polar surface area (TPSA) is 102 Å². The van der Waals surface area contributed by atoms with E-state index in [0.717, 1.165) is 64.0 Å². The lowest BCUT2D eigenvalue weighted by Gasteiger charge is -2.24. The first-order valence-electron chi connectivity index (χ1n) is 12.5. The summed E-state index contributed by atoms with van der Waals surface area (Å²) in [5.41, 5.74) is 11.6. The van der Waals surface area contributed by atoms with Gasteiger partial charge >= 0.3 is 0 Å². The van der Waals surface area contributed by atoms with Crippen molar-refractivity contribution in [3.05, 3.63) is 67.3 Å². The molecule has 0 aliphatic carbocycles. The molecule has 2 aliphatic heterocycles. The summed E-state index contributed by atoms with van der Waals surface area (Å²) in [6.07, 6.45) is 10.7. The van der Waals surface area contributed by atoms with E-state index in [-0.39, 0.29) is 11.9 Å². The van der Waals surface area contributed by atoms with Crippen molar-refractivity contribution in [3.63, 3.8) is 0 Å². The summed E-state index contributed by atoms with van der Waals surface area (Å²) in [6, 6.07) is 9.87. The molecule has 8 nitrogen and oxygen atoms in total. The maximum atomic E-state index is 12.8. The van der Waals surface area contributed by atoms with Gasteiger partial charge in [0.15, 0.2) is 0 Å². The van der Waals surface area contributed by atoms with Crippen molar-refractivity contribution in [2.75, 3.05) is 25.4 Å². The third-order valence-electron chi connectivity index (χ3n) is 7.24. The molecule has 1 fully saturated rings. The maximum Gasteiger partial charge on any atom is 0.244 e. The van der Waals surface area contributed by atoms with Gasteiger partial charge in [0.1, 0.15) is 17.8 Å². The van der Waals surface area contributed by atoms with Crippen LogP contribution in [0.1, 0.15) is 25.0 Å². The number of nitrogens with zero attached hydrogens (tertiary/aromatic N) is 5. The highest BCUT2D eigenvalue weighted by Gasteiger charge is 2.34. The van der Waals surface area contributed by atoms with Crippen molar-refractivity contribution in [1.82, 2.24) is 29.7 Å². The zero-order valence-electron chi connectivity index (χ0n) is 20.2. The fourth-order valence-electron chi connectivity index (χ4n) is 5.45. The Morgan fingerprint density at radius 1 is 1.17 bits per heavy atom. The van der Waals surface area contributed by atoms with Crippen LogP contribution in [-0.4, -0.2) is 56.0 Å². The number of benzene rings is 1. The first-order chi connectivity index (χ1) is 17.6. The van der Waals surface area contributed by atoms with Gasteiger partial charge in [-0.2, -0.15) is 0 Å². The molecule has 3 N–H and O–H groups in total. The van der Waals surface area contributed by atoms with Crippen molar-refractivity contribution in [1.29, 1.82) is 0 Å². The van der Waals surface area contributed by atoms with Crippen LogP contribution < -0.4 is 11.1 Å². The highest BCUT2D eigenvalue weighted by Crippen LogP contribution is 2.44. The number of nitrogen functional groups attached to an aromatic ring is 1. The minimum Gasteiger partial charge on any atom is -0.383 e. The van der Waals surface area contributed by atoms with Crippen molar-refractivity contribution < 1.29 is 4.79 Å². The largest absolute Gasteiger partial charge is 0.383 e. The van der Waals surface area contributed by atoms with E-state index in [2.05, 4.69) is 42.4 Å². The molecule has 0 saturated carbocycles. The second-order valence-corrected chi connectivity index (χ2v) is 9.56. The molecular weight excluding hydrogens is 450 g/mol. The van der Waals surface area contributed by atoms with E-state index in [1.54, 1.807) is 6.08 Å². The van der Waals surface area contributed by atoms with Crippen molar-refractivity contribution in [2.24, 2.45) is 0 Å². The van der Waals surface area contributed by atoms with Crippen LogP contribution in [0.4, 0.5) is 5.82 Å². The molecule has 0 spiro atoms. The highest BCUT2D eigenvalue weighted by molar-refractivity contribution is 6.08. The van der Waals surface area contributed by atoms with Gasteiger partial charge in [0.25, 0.3) is 0 Å². The number of anilines is 1. The molecule has 36 heavy (non-hydrogen) atoms. The van der Waals surface area contributed by atoms with Gasteiger partial charge in [-0.25, -0.2) is 9.97 Å². The SMILES string of the molecule is C=C1c2c(-c3cnc4ccccc4c3)c3c(N)ncnc3n2CC1NC(=O)C=CCN1CCCCC1. The molecular formula is C28H29N7O. The Morgan fingerprint density at radius 3 is 2.86 bits per heavy atom. The number of hydrogen-bond donors (Lipinski definition) is 2. The predicted molar refractivity (Wildman–Crippen MR) is 143 cm³/mol. The highest BCUT2D eigenvalue weighted by atomic mass is 16.1. The van der Waals surface area contributed by atoms with E-state index in [1.165, 1.54) is 25.6 Å². The van der Waals surface area contributed by atoms with Crippen molar-refractivity contribution in [3.8, 4) is 11.1 Å². The van der Waals surface area contributed by atoms with Crippen molar-refractivity contribution in [2.45, 2.75) is 31.8 Å². The zero-order valence-corrected chi connectivity index (χ0v) is 20.2. The number of likely N-dealkylation sites (tertiary alicyclic amines) is 1. The standard InChI is InChI=1S/C28H29N7O/c1-18-22(33-23(36)10-7-13-34-11-5-2-6-12-34)16-35-26(18)24(25-27(29)31-17-32-28(25)35)20-14-19-8-3-4-9-21(19)30-15-20/h3-4,7-10,14-15,17,22H,1-2,5-6,11-13,16H2,(H,33,36)(H2,29,31,32). The molecule has 1 atom stereocenters. The predicted octanol–water partition coefficient (Wildman–Crippen LogP) is 3.78. The zero-order chi connectivity index (χ0) is 24.6. The second kappa shape index (κ2) is 9.20. The molecule has 1 aromatic carbocycles. The van der Waals surface area contributed by atoms with E-state index >= 15 is 0 Å². The van der Waals surface area contributed by atoms with Gasteiger partial charge in [-0.3, -0.25) is 14.7 Å². The number of carbonyl (C=O) groups excluding carboxylic acids is 1. The van der Waals surface area contributed by atoms with Crippen molar-refractivity contribution >= 4 is 39.2 Å². The number of fused-ring (bicyclic) bond motifs is 4. The van der Waals surface area contributed by atoms with Crippen LogP contribution in [0.25, 0.3) is 38.6 Å². The number of amides is 1. The molecule has 1 unspecified atom stereocenters. The number of nitrogens with two attached hydrogens (primary N) is 1. The molecule has 0 bridgehead atoms. The minimum absolute atomic E-state index is 0.115. The molecule has 182 valence electrons. The number of pyridine rings is 1. The van der Waals surface area contributed by atoms with Crippen LogP contribution in [0, 0.1) is 0 Å². The number of hydrogen-bond acceptors (Lipinski definition) is 6. The number of para-hydroxylation sites is 1. The third kappa shape index (κ3) is 3.93. The number of aromatic nitrogens is 4. The lowest BCUT2D eigenvalue weighted by molar-refractivity contribution is -0.116. The Hall–Kier alpha value is -4.04. The molecule has 2 aliphatic rings. The second-order valence-electron chi connectivity index (χ2n) is 9.56. The molecule has 5 heterocycles. The summed E-state index contributed by atoms with van der Waals surface area (Å²) in [4.78, 5) is 28.6. The average molecular weight is 480 g/mol. The normalized spacial score (nSPS) is 18.3. The van der Waals surface area contributed by atoms with Crippen LogP contribution in [0.2, 0.25) is 0 Å². The molecule has 1 saturated heterocycles. The average Bonchev–Trinajstić information content (AvgIpc) is 3.39. The number of nitrogens with one attached hydrogen (secondary N) is 1. The Balaban J connectivity index is 1.31. The van der Waals surface area contributed by atoms with Gasteiger partial charge in [-0.1, -0.05) is 37.3 Å². The van der Waals surface area contributed by atoms with Gasteiger partial charge in [-0.15, -0.1) is 0 Å². The Morgan fingerprint density at radius 2 is 2.00 bits per heavy atom. The summed E-state index contributed by atoms with van der Waals surface area (Å²) in [7, 11) is 0. The van der Waals surface area contributed by atoms with Gasteiger partial charge in [0, 0.05) is 41.9 Å². The number of carbonyl (C=O) groups is 1. The van der Waals surface area contributed by atoms with Gasteiger partial charge in [0.05, 0.1) is 22.6 Å². The fourth-order valence-corrected chi connectivity index (χ4v) is 5.45. The summed E-state index contributed by atoms with van der Waals surface area (Å²) in [5.74, 6) is 0.301. The fraction of sp³-hybridized carbons (Fsp3) is 0.286. The monoisotopic (exact) mass is 479 g/mol. The maximum absolute atomic E-state index is 12.8. The molecule has 8 heteroatoms. The van der Waals surface area contributed by atoms with E-state index in [4.69, 9.17) is 5.73 Å². The number of piperidine rings is 1. The van der Waals surface area contributed by atoms with E-state index < -0.39 is 0 Å². The third-order valence-corrected chi connectivity index (χ3v) is 7.24. The summed E-state index contributed by atoms with van der Waals surface area (Å²) < 4.78 is 2.09. The summed E-state index contributed by atoms with van der Waals surface area (Å²) in [5, 5.41) is 4.95. The quantitative estimate of drug-likeness (QED) is 0.423. The van der Waals surface area contributed by atoms with Crippen LogP contribution in [0.5, 0.6) is 0 Å². The van der Waals surface area contributed by atoms with Gasteiger partial charge in [0.2, 0.25) is 5.91 Å². The Bertz CT molecular complexity index is 1510. The number of rotatable bonds is 5. The van der Waals surface area contributed by atoms with Crippen LogP contribution in [0.15, 0.2) is 61.6 Å². The summed E-state index contributed by atoms with van der Waals surface area (Å²) >= 11 is 0. The van der Waals surface area contributed by atoms with E-state index in [9.17, 15) is 4.79 Å². The lowest BCUT2D eigenvalue weighted by Crippen LogP contribution is -2.34. The van der Waals surface area contributed by atoms with Gasteiger partial charge in [-0.05, 0) is 43.6 Å². The lowest BCUT2D eigenvalue weighted by atomic mass is 9.98. The molecule has 0 radical (unpaired) electrons. The minimum atomic E-state index is -0.236. The van der Waals surface area contributed by atoms with Crippen LogP contribution in [-0.2, 0) is 11.3 Å². The molecule has 6 rings (SSSR count). The Labute approximate surface area is 209 Å². The van der Waals surface area contributed by atoms with Gasteiger partial charge < -0.3 is 15.6 Å². The van der Waals surface area contributed by atoms with E-state index in [0.29, 0.717) is 12.4 Å². The first kappa shape index (κ1) is 22.4. The molecule has 4 aromatic rings. The molecule has 1 amide bonds. The van der Waals surface area contributed by atoms with Crippen LogP contribution >= 0.6 is 0 Å². The van der Waals surface area contributed by atoms with Crippen LogP contribution in [0.3, 0.4) is 0 Å². The summed E-state index contributed by atoms with van der Waals surface area (Å²) in [6.45, 7) is 7.92. The smallest absolute Gasteiger partial charge is 0.244 e. The molecule has 3 aromatic heterocycles.